The topological polar surface area (TPSA) is 245 Å². The Hall–Kier alpha value is -3.78. The highest BCUT2D eigenvalue weighted by Crippen LogP contribution is 2.69. The molecule has 0 radical (unpaired) electrons. The first kappa shape index (κ1) is 37.5. The zero-order valence-electron chi connectivity index (χ0n) is 29.0. The summed E-state index contributed by atoms with van der Waals surface area (Å²) in [5, 5.41) is 36.1. The number of hydrogen-bond donors (Lipinski definition) is 6. The number of aliphatic hydroxyl groups is 2. The summed E-state index contributed by atoms with van der Waals surface area (Å²) >= 11 is 0. The third-order valence-corrected chi connectivity index (χ3v) is 12.7. The number of carboxylic acid groups (broad SMARTS) is 1. The number of nitrogens with one attached hydrogen (secondary N) is 1. The maximum Gasteiger partial charge on any atom is 0.335 e. The molecule has 276 valence electrons. The number of guanidine groups is 1. The van der Waals surface area contributed by atoms with Gasteiger partial charge in [-0.3, -0.25) is 19.4 Å². The summed E-state index contributed by atoms with van der Waals surface area (Å²) in [6.07, 6.45) is 5.58. The van der Waals surface area contributed by atoms with Gasteiger partial charge < -0.3 is 41.3 Å². The Morgan fingerprint density at radius 2 is 1.80 bits per heavy atom. The fourth-order valence-electron chi connectivity index (χ4n) is 10.0. The number of aliphatic imine (C=N–C) groups is 1. The number of Topliss-reactive ketones (excluding diaryl/α,β-unsaturated/α-hetero) is 1. The summed E-state index contributed by atoms with van der Waals surface area (Å²) < 4.78 is 11.0. The first-order valence-electron chi connectivity index (χ1n) is 17.9. The number of fused-ring (bicyclic) bond motifs is 5. The Balaban J connectivity index is 1.12. The lowest BCUT2D eigenvalue weighted by atomic mass is 9.42. The summed E-state index contributed by atoms with van der Waals surface area (Å²) in [6.45, 7) is 4.13. The predicted octanol–water partition coefficient (Wildman–Crippen LogP) is 2.13. The highest BCUT2D eigenvalue weighted by atomic mass is 16.5. The van der Waals surface area contributed by atoms with Crippen LogP contribution in [0.1, 0.15) is 109 Å². The third kappa shape index (κ3) is 7.05. The van der Waals surface area contributed by atoms with Gasteiger partial charge in [0.2, 0.25) is 5.91 Å². The van der Waals surface area contributed by atoms with Crippen LogP contribution >= 0.6 is 0 Å². The Morgan fingerprint density at radius 1 is 1.06 bits per heavy atom. The van der Waals surface area contributed by atoms with Crippen molar-refractivity contribution < 1.29 is 43.7 Å². The van der Waals surface area contributed by atoms with Gasteiger partial charge in [0.15, 0.2) is 11.7 Å². The van der Waals surface area contributed by atoms with Gasteiger partial charge in [-0.25, -0.2) is 9.59 Å². The molecule has 1 heterocycles. The molecule has 8 N–H and O–H groups in total. The summed E-state index contributed by atoms with van der Waals surface area (Å²) in [6, 6.07) is 1.92. The molecule has 0 aromatic carbocycles. The zero-order valence-corrected chi connectivity index (χ0v) is 29.0. The van der Waals surface area contributed by atoms with Crippen LogP contribution in [0.15, 0.2) is 32.6 Å². The van der Waals surface area contributed by atoms with Gasteiger partial charge >= 0.3 is 17.6 Å². The molecule has 14 heteroatoms. The molecule has 1 aromatic heterocycles. The number of aliphatic hydroxyl groups excluding tert-OH is 1. The average Bonchev–Trinajstić information content (AvgIpc) is 3.35. The molecule has 0 bridgehead atoms. The molecule has 14 nitrogen and oxygen atoms in total. The van der Waals surface area contributed by atoms with E-state index in [1.165, 1.54) is 12.3 Å². The van der Waals surface area contributed by atoms with Crippen LogP contribution in [0.3, 0.4) is 0 Å². The fraction of sp³-hybridized carbons (Fsp3) is 0.722. The van der Waals surface area contributed by atoms with E-state index >= 15 is 0 Å². The van der Waals surface area contributed by atoms with Crippen molar-refractivity contribution >= 4 is 29.6 Å². The molecule has 1 amide bonds. The summed E-state index contributed by atoms with van der Waals surface area (Å²) in [5.41, 5.74) is 7.76. The van der Waals surface area contributed by atoms with Crippen LogP contribution in [0.25, 0.3) is 0 Å². The van der Waals surface area contributed by atoms with Crippen molar-refractivity contribution in [1.29, 1.82) is 0 Å². The minimum Gasteiger partial charge on any atom is -0.480 e. The number of carbonyl (C=O) groups is 4. The standard InChI is InChI=1S/C36H52N4O10/c1-34-15-13-22(50-28(43)8-4-3-7-26(41)40-25(32(46)47)6-5-17-39-33(37)38)18-21(34)10-11-24-29(34)30(44)31(45)35(2)23(14-16-36(24,35)48)20-9-12-27(42)49-19-20/h9,12,19,21-25,29-30,44,48H,3-8,10-11,13-18H2,1-2H3,(H,40,41)(H,46,47)(H4,37,38,39)/t21-,22+,23-,24-,25+,29-,30+,34+,35+,36+/m1/s1. The molecule has 4 aliphatic rings. The van der Waals surface area contributed by atoms with E-state index in [4.69, 9.17) is 20.6 Å². The second kappa shape index (κ2) is 14.8. The van der Waals surface area contributed by atoms with Gasteiger partial charge in [-0.15, -0.1) is 0 Å². The Bertz CT molecular complexity index is 1520. The minimum atomic E-state index is -1.31. The van der Waals surface area contributed by atoms with Crippen LogP contribution < -0.4 is 22.4 Å². The number of nitrogens with zero attached hydrogens (tertiary/aromatic N) is 1. The number of ketones is 1. The molecule has 4 aliphatic carbocycles. The van der Waals surface area contributed by atoms with E-state index < -0.39 is 52.0 Å². The van der Waals surface area contributed by atoms with Gasteiger partial charge in [-0.2, -0.15) is 0 Å². The van der Waals surface area contributed by atoms with E-state index in [1.807, 2.05) is 0 Å². The Kier molecular flexibility index (Phi) is 11.1. The average molecular weight is 701 g/mol. The number of unbranched alkanes of at least 4 members (excludes halogenated alkanes) is 1. The van der Waals surface area contributed by atoms with E-state index in [1.54, 1.807) is 13.0 Å². The van der Waals surface area contributed by atoms with Crippen molar-refractivity contribution in [3.05, 3.63) is 34.4 Å². The molecule has 0 spiro atoms. The van der Waals surface area contributed by atoms with Gasteiger partial charge in [-0.05, 0) is 106 Å². The number of rotatable bonds is 13. The zero-order chi connectivity index (χ0) is 36.4. The van der Waals surface area contributed by atoms with Crippen molar-refractivity contribution in [1.82, 2.24) is 5.32 Å². The smallest absolute Gasteiger partial charge is 0.335 e. The molecule has 0 saturated heterocycles. The van der Waals surface area contributed by atoms with Gasteiger partial charge in [0.1, 0.15) is 18.2 Å². The molecule has 4 saturated carbocycles. The predicted molar refractivity (Wildman–Crippen MR) is 181 cm³/mol. The van der Waals surface area contributed by atoms with E-state index in [9.17, 15) is 39.3 Å². The molecule has 5 rings (SSSR count). The Morgan fingerprint density at radius 3 is 2.48 bits per heavy atom. The molecule has 4 fully saturated rings. The number of ether oxygens (including phenoxy) is 1. The van der Waals surface area contributed by atoms with E-state index in [-0.39, 0.29) is 67.4 Å². The number of nitrogens with two attached hydrogens (primary N) is 2. The second-order valence-electron chi connectivity index (χ2n) is 15.3. The number of aliphatic carboxylic acids is 1. The Labute approximate surface area is 291 Å². The van der Waals surface area contributed by atoms with Crippen molar-refractivity contribution in [2.24, 2.45) is 45.0 Å². The monoisotopic (exact) mass is 700 g/mol. The lowest BCUT2D eigenvalue weighted by molar-refractivity contribution is -0.229. The number of amides is 1. The van der Waals surface area contributed by atoms with Crippen molar-refractivity contribution in [2.45, 2.75) is 127 Å². The molecular weight excluding hydrogens is 648 g/mol. The van der Waals surface area contributed by atoms with Gasteiger partial charge in [0.05, 0.1) is 17.3 Å². The molecule has 0 unspecified atom stereocenters. The van der Waals surface area contributed by atoms with E-state index in [0.717, 1.165) is 6.42 Å². The lowest BCUT2D eigenvalue weighted by Gasteiger charge is -2.64. The number of hydrogen-bond acceptors (Lipinski definition) is 10. The van der Waals surface area contributed by atoms with E-state index in [2.05, 4.69) is 17.2 Å². The lowest BCUT2D eigenvalue weighted by Crippen LogP contribution is -2.70. The highest BCUT2D eigenvalue weighted by molar-refractivity contribution is 5.93. The maximum atomic E-state index is 14.2. The van der Waals surface area contributed by atoms with Gasteiger partial charge in [0, 0.05) is 37.3 Å². The first-order chi connectivity index (χ1) is 23.6. The first-order valence-corrected chi connectivity index (χ1v) is 17.9. The normalized spacial score (nSPS) is 35.2. The van der Waals surface area contributed by atoms with Gasteiger partial charge in [-0.1, -0.05) is 6.92 Å². The molecule has 10 atom stereocenters. The fourth-order valence-corrected chi connectivity index (χ4v) is 10.0. The number of carboxylic acids is 1. The van der Waals surface area contributed by atoms with Crippen molar-refractivity contribution in [3.8, 4) is 0 Å². The van der Waals surface area contributed by atoms with E-state index in [0.29, 0.717) is 63.4 Å². The molecule has 0 aliphatic heterocycles. The maximum absolute atomic E-state index is 14.2. The molecule has 1 aromatic rings. The van der Waals surface area contributed by atoms with Crippen LogP contribution in [0.2, 0.25) is 0 Å². The quantitative estimate of drug-likeness (QED) is 0.0750. The minimum absolute atomic E-state index is 0.0757. The van der Waals surface area contributed by atoms with Crippen molar-refractivity contribution in [2.75, 3.05) is 6.54 Å². The van der Waals surface area contributed by atoms with Crippen LogP contribution in [0.4, 0.5) is 0 Å². The van der Waals surface area contributed by atoms with Crippen LogP contribution in [-0.2, 0) is 23.9 Å². The van der Waals surface area contributed by atoms with Crippen molar-refractivity contribution in [3.63, 3.8) is 0 Å². The van der Waals surface area contributed by atoms with Crippen LogP contribution in [0, 0.1) is 28.6 Å². The number of esters is 1. The van der Waals surface area contributed by atoms with Crippen LogP contribution in [-0.4, -0.2) is 75.3 Å². The summed E-state index contributed by atoms with van der Waals surface area (Å²) in [5.74, 6) is -3.36. The molecule has 50 heavy (non-hydrogen) atoms. The SMILES string of the molecule is C[C@]12CC[C@H](OC(=O)CCCCC(=O)N[C@@H](CCCN=C(N)N)C(=O)O)C[C@H]1CC[C@@H]1[C@@H]2[C@H](O)C(=O)[C@]2(C)[C@@H](c3ccc(=O)oc3)CC[C@]12O. The highest BCUT2D eigenvalue weighted by Gasteiger charge is 2.73. The van der Waals surface area contributed by atoms with Crippen LogP contribution in [0.5, 0.6) is 0 Å². The number of carbonyl (C=O) groups excluding carboxylic acids is 3. The molecular formula is C36H52N4O10. The second-order valence-corrected chi connectivity index (χ2v) is 15.3. The third-order valence-electron chi connectivity index (χ3n) is 12.7. The summed E-state index contributed by atoms with van der Waals surface area (Å²) in [4.78, 5) is 66.2. The summed E-state index contributed by atoms with van der Waals surface area (Å²) in [7, 11) is 0. The largest absolute Gasteiger partial charge is 0.480 e. The van der Waals surface area contributed by atoms with Gasteiger partial charge in [0.25, 0.3) is 0 Å².